The van der Waals surface area contributed by atoms with Gasteiger partial charge in [0.15, 0.2) is 0 Å². The Balaban J connectivity index is 2.41. The summed E-state index contributed by atoms with van der Waals surface area (Å²) in [6, 6.07) is 4.93. The Morgan fingerprint density at radius 1 is 1.27 bits per heavy atom. The fourth-order valence-corrected chi connectivity index (χ4v) is 1.68. The second-order valence-electron chi connectivity index (χ2n) is 3.34. The number of nitrogens with zero attached hydrogens (tertiary/aromatic N) is 2. The molecule has 15 heavy (non-hydrogen) atoms. The molecule has 1 aromatic carbocycles. The molecule has 0 atom stereocenters. The molecule has 4 N–H and O–H groups in total. The Hall–Kier alpha value is -1.91. The number of halogens is 1. The highest BCUT2D eigenvalue weighted by Gasteiger charge is 2.20. The van der Waals surface area contributed by atoms with Crippen LogP contribution in [0.2, 0.25) is 0 Å². The van der Waals surface area contributed by atoms with Crippen molar-refractivity contribution in [3.8, 4) is 0 Å². The lowest BCUT2D eigenvalue weighted by atomic mass is 10.1. The minimum absolute atomic E-state index is 0.0904. The van der Waals surface area contributed by atoms with Gasteiger partial charge in [0.2, 0.25) is 5.96 Å². The van der Waals surface area contributed by atoms with E-state index in [0.717, 1.165) is 11.3 Å². The highest BCUT2D eigenvalue weighted by Crippen LogP contribution is 2.24. The fourth-order valence-electron chi connectivity index (χ4n) is 1.68. The third-order valence-corrected chi connectivity index (χ3v) is 2.33. The fraction of sp³-hybridized carbons (Fsp3) is 0.200. The Morgan fingerprint density at radius 3 is 2.80 bits per heavy atom. The molecule has 1 aliphatic carbocycles. The normalized spacial score (nSPS) is 16.5. The Morgan fingerprint density at radius 2 is 2.07 bits per heavy atom. The van der Waals surface area contributed by atoms with Gasteiger partial charge < -0.3 is 11.5 Å². The second-order valence-corrected chi connectivity index (χ2v) is 3.34. The molecule has 0 fully saturated rings. The molecular weight excluding hydrogens is 195 g/mol. The van der Waals surface area contributed by atoms with Crippen molar-refractivity contribution in [1.82, 2.24) is 0 Å². The van der Waals surface area contributed by atoms with Gasteiger partial charge in [-0.2, -0.15) is 5.10 Å². The van der Waals surface area contributed by atoms with Crippen molar-refractivity contribution < 1.29 is 4.39 Å². The lowest BCUT2D eigenvalue weighted by Crippen LogP contribution is -2.22. The van der Waals surface area contributed by atoms with Crippen molar-refractivity contribution in [3.63, 3.8) is 0 Å². The quantitative estimate of drug-likeness (QED) is 0.404. The van der Waals surface area contributed by atoms with Crippen LogP contribution in [-0.2, 0) is 6.42 Å². The monoisotopic (exact) mass is 206 g/mol. The predicted octanol–water partition coefficient (Wildman–Crippen LogP) is 0.749. The van der Waals surface area contributed by atoms with Crippen LogP contribution in [0.15, 0.2) is 28.4 Å². The van der Waals surface area contributed by atoms with E-state index in [1.165, 1.54) is 6.07 Å². The molecule has 1 aromatic rings. The first-order chi connectivity index (χ1) is 7.18. The van der Waals surface area contributed by atoms with E-state index >= 15 is 0 Å². The van der Waals surface area contributed by atoms with Gasteiger partial charge in [0.25, 0.3) is 0 Å². The average molecular weight is 206 g/mol. The van der Waals surface area contributed by atoms with Crippen molar-refractivity contribution >= 4 is 11.7 Å². The largest absolute Gasteiger partial charge is 0.369 e. The number of benzene rings is 1. The van der Waals surface area contributed by atoms with E-state index in [1.54, 1.807) is 6.07 Å². The molecule has 0 unspecified atom stereocenters. The van der Waals surface area contributed by atoms with Crippen LogP contribution < -0.4 is 11.5 Å². The first-order valence-electron chi connectivity index (χ1n) is 4.61. The van der Waals surface area contributed by atoms with E-state index in [2.05, 4.69) is 10.2 Å². The first-order valence-corrected chi connectivity index (χ1v) is 4.61. The van der Waals surface area contributed by atoms with Gasteiger partial charge in [-0.25, -0.2) is 4.39 Å². The average Bonchev–Trinajstić information content (AvgIpc) is 2.59. The summed E-state index contributed by atoms with van der Waals surface area (Å²) >= 11 is 0. The van der Waals surface area contributed by atoms with Crippen molar-refractivity contribution in [3.05, 3.63) is 35.1 Å². The molecule has 78 valence electrons. The molecule has 2 rings (SSSR count). The van der Waals surface area contributed by atoms with Crippen LogP contribution >= 0.6 is 0 Å². The number of nitrogens with two attached hydrogens (primary N) is 2. The van der Waals surface area contributed by atoms with Gasteiger partial charge in [-0.1, -0.05) is 12.1 Å². The molecule has 4 nitrogen and oxygen atoms in total. The van der Waals surface area contributed by atoms with Crippen LogP contribution in [0.25, 0.3) is 0 Å². The number of fused-ring (bicyclic) bond motifs is 1. The van der Waals surface area contributed by atoms with Gasteiger partial charge in [0.05, 0.1) is 5.71 Å². The molecular formula is C10H11FN4. The minimum atomic E-state index is -0.192. The molecule has 0 bridgehead atoms. The van der Waals surface area contributed by atoms with E-state index in [4.69, 9.17) is 11.5 Å². The summed E-state index contributed by atoms with van der Waals surface area (Å²) in [6.07, 6.45) is 1.33. The van der Waals surface area contributed by atoms with Crippen molar-refractivity contribution in [2.75, 3.05) is 0 Å². The molecule has 0 saturated carbocycles. The zero-order valence-electron chi connectivity index (χ0n) is 8.07. The smallest absolute Gasteiger partial charge is 0.211 e. The van der Waals surface area contributed by atoms with Gasteiger partial charge in [0.1, 0.15) is 5.82 Å². The molecule has 0 saturated heterocycles. The van der Waals surface area contributed by atoms with Gasteiger partial charge in [-0.15, -0.1) is 5.10 Å². The summed E-state index contributed by atoms with van der Waals surface area (Å²) in [6.45, 7) is 0. The van der Waals surface area contributed by atoms with E-state index in [1.807, 2.05) is 6.07 Å². The van der Waals surface area contributed by atoms with Crippen LogP contribution in [0, 0.1) is 5.82 Å². The van der Waals surface area contributed by atoms with E-state index in [0.29, 0.717) is 18.4 Å². The van der Waals surface area contributed by atoms with E-state index in [9.17, 15) is 4.39 Å². The number of hydrogen-bond donors (Lipinski definition) is 2. The van der Waals surface area contributed by atoms with Crippen molar-refractivity contribution in [2.24, 2.45) is 21.7 Å². The molecule has 0 spiro atoms. The van der Waals surface area contributed by atoms with Crippen molar-refractivity contribution in [2.45, 2.75) is 12.8 Å². The molecule has 0 aliphatic heterocycles. The molecule has 1 aliphatic rings. The topological polar surface area (TPSA) is 76.8 Å². The molecule has 5 heteroatoms. The molecule has 0 aromatic heterocycles. The second kappa shape index (κ2) is 3.68. The van der Waals surface area contributed by atoms with Gasteiger partial charge >= 0.3 is 0 Å². The Bertz CT molecular complexity index is 447. The summed E-state index contributed by atoms with van der Waals surface area (Å²) < 4.78 is 13.3. The van der Waals surface area contributed by atoms with E-state index < -0.39 is 0 Å². The molecule has 0 heterocycles. The lowest BCUT2D eigenvalue weighted by molar-refractivity contribution is 0.613. The summed E-state index contributed by atoms with van der Waals surface area (Å²) in [4.78, 5) is 0. The van der Waals surface area contributed by atoms with Crippen LogP contribution in [0.1, 0.15) is 17.5 Å². The summed E-state index contributed by atoms with van der Waals surface area (Å²) in [7, 11) is 0. The first kappa shape index (κ1) is 9.64. The summed E-state index contributed by atoms with van der Waals surface area (Å²) in [5, 5.41) is 7.47. The van der Waals surface area contributed by atoms with E-state index in [-0.39, 0.29) is 11.8 Å². The molecule has 0 radical (unpaired) electrons. The number of rotatable bonds is 1. The third-order valence-electron chi connectivity index (χ3n) is 2.33. The van der Waals surface area contributed by atoms with Gasteiger partial charge in [-0.3, -0.25) is 0 Å². The van der Waals surface area contributed by atoms with Gasteiger partial charge in [0, 0.05) is 5.56 Å². The maximum Gasteiger partial charge on any atom is 0.211 e. The van der Waals surface area contributed by atoms with Gasteiger partial charge in [-0.05, 0) is 24.5 Å². The number of hydrogen-bond acceptors (Lipinski definition) is 2. The summed E-state index contributed by atoms with van der Waals surface area (Å²) in [5.74, 6) is -0.283. The van der Waals surface area contributed by atoms with Crippen LogP contribution in [0.3, 0.4) is 0 Å². The lowest BCUT2D eigenvalue weighted by Gasteiger charge is -1.98. The Labute approximate surface area is 86.5 Å². The predicted molar refractivity (Wildman–Crippen MR) is 57.1 cm³/mol. The highest BCUT2D eigenvalue weighted by molar-refractivity contribution is 6.04. The van der Waals surface area contributed by atoms with Crippen LogP contribution in [0.4, 0.5) is 4.39 Å². The Kier molecular flexibility index (Phi) is 2.37. The minimum Gasteiger partial charge on any atom is -0.369 e. The van der Waals surface area contributed by atoms with Crippen LogP contribution in [0.5, 0.6) is 0 Å². The maximum absolute atomic E-state index is 13.3. The summed E-state index contributed by atoms with van der Waals surface area (Å²) in [5.41, 5.74) is 12.6. The number of guanidine groups is 1. The standard InChI is InChI=1S/C10H11FN4/c11-8-3-1-2-7-6(8)4-5-9(7)14-15-10(12)13/h1-3H,4-5H2,(H4,12,13,15)/b14-9-. The maximum atomic E-state index is 13.3. The van der Waals surface area contributed by atoms with Crippen molar-refractivity contribution in [1.29, 1.82) is 0 Å². The SMILES string of the molecule is NC(N)=N/N=C1/CCc2c(F)cccc21. The third kappa shape index (κ3) is 1.81. The molecule has 0 amide bonds. The zero-order valence-corrected chi connectivity index (χ0v) is 8.07. The zero-order chi connectivity index (χ0) is 10.8. The highest BCUT2D eigenvalue weighted by atomic mass is 19.1. The van der Waals surface area contributed by atoms with Crippen LogP contribution in [-0.4, -0.2) is 11.7 Å².